The molecule has 2 fully saturated rings. The molecule has 0 bridgehead atoms. The number of hydrogen-bond donors (Lipinski definition) is 1. The number of carbonyl (C=O) groups is 1. The Morgan fingerprint density at radius 2 is 2.07 bits per heavy atom. The molecule has 1 aliphatic heterocycles. The number of carbonyl (C=O) groups excluding carboxylic acids is 1. The van der Waals surface area contributed by atoms with E-state index in [9.17, 15) is 4.79 Å². The van der Waals surface area contributed by atoms with E-state index in [1.807, 2.05) is 24.7 Å². The van der Waals surface area contributed by atoms with Crippen LogP contribution >= 0.6 is 24.8 Å². The average molecular weight is 415 g/mol. The minimum atomic E-state index is 0. The normalized spacial score (nSPS) is 19.8. The lowest BCUT2D eigenvalue weighted by atomic mass is 9.93. The van der Waals surface area contributed by atoms with Gasteiger partial charge >= 0.3 is 0 Å². The molecule has 0 radical (unpaired) electrons. The second-order valence-electron chi connectivity index (χ2n) is 7.19. The second kappa shape index (κ2) is 9.08. The van der Waals surface area contributed by atoms with Crippen LogP contribution in [-0.4, -0.2) is 49.3 Å². The zero-order valence-electron chi connectivity index (χ0n) is 15.6. The van der Waals surface area contributed by atoms with E-state index in [0.717, 1.165) is 44.7 Å². The van der Waals surface area contributed by atoms with Gasteiger partial charge < -0.3 is 14.8 Å². The molecule has 1 amide bonds. The number of imidazole rings is 1. The first-order valence-electron chi connectivity index (χ1n) is 9.19. The van der Waals surface area contributed by atoms with E-state index in [2.05, 4.69) is 31.8 Å². The number of hydrogen-bond acceptors (Lipinski definition) is 4. The summed E-state index contributed by atoms with van der Waals surface area (Å²) in [5, 5.41) is 7.63. The molecule has 7 nitrogen and oxygen atoms in total. The van der Waals surface area contributed by atoms with Crippen LogP contribution in [0.5, 0.6) is 0 Å². The van der Waals surface area contributed by atoms with Crippen molar-refractivity contribution in [2.45, 2.75) is 51.9 Å². The topological polar surface area (TPSA) is 68.0 Å². The molecule has 2 aliphatic rings. The summed E-state index contributed by atoms with van der Waals surface area (Å²) in [5.74, 6) is 1.10. The Labute approximate surface area is 172 Å². The summed E-state index contributed by atoms with van der Waals surface area (Å²) in [5.41, 5.74) is 0.314. The molecule has 1 unspecified atom stereocenters. The number of aryl methyl sites for hydroxylation is 1. The summed E-state index contributed by atoms with van der Waals surface area (Å²) in [4.78, 5) is 19.6. The van der Waals surface area contributed by atoms with Gasteiger partial charge in [-0.3, -0.25) is 9.48 Å². The van der Waals surface area contributed by atoms with Crippen molar-refractivity contribution < 1.29 is 4.79 Å². The lowest BCUT2D eigenvalue weighted by molar-refractivity contribution is -0.134. The Morgan fingerprint density at radius 1 is 1.30 bits per heavy atom. The van der Waals surface area contributed by atoms with Crippen molar-refractivity contribution in [1.82, 2.24) is 29.5 Å². The summed E-state index contributed by atoms with van der Waals surface area (Å²) in [7, 11) is 0. The molecule has 2 aromatic heterocycles. The van der Waals surface area contributed by atoms with Gasteiger partial charge in [-0.1, -0.05) is 0 Å². The van der Waals surface area contributed by atoms with Crippen molar-refractivity contribution in [3.8, 4) is 0 Å². The molecule has 2 aromatic rings. The van der Waals surface area contributed by atoms with Gasteiger partial charge in [-0.25, -0.2) is 4.98 Å². The summed E-state index contributed by atoms with van der Waals surface area (Å²) < 4.78 is 3.82. The fourth-order valence-electron chi connectivity index (χ4n) is 4.16. The zero-order valence-corrected chi connectivity index (χ0v) is 17.2. The first-order valence-corrected chi connectivity index (χ1v) is 9.19. The van der Waals surface area contributed by atoms with Crippen molar-refractivity contribution >= 4 is 30.7 Å². The number of piperidine rings is 1. The third kappa shape index (κ3) is 4.47. The highest BCUT2D eigenvalue weighted by Gasteiger charge is 2.57. The third-order valence-electron chi connectivity index (χ3n) is 5.75. The lowest BCUT2D eigenvalue weighted by Crippen LogP contribution is -2.41. The molecule has 1 spiro atoms. The molecule has 0 aromatic carbocycles. The van der Waals surface area contributed by atoms with Gasteiger partial charge in [0.25, 0.3) is 0 Å². The van der Waals surface area contributed by atoms with Crippen LogP contribution in [0.1, 0.15) is 32.0 Å². The maximum absolute atomic E-state index is 13.1. The molecule has 9 heteroatoms. The first-order chi connectivity index (χ1) is 12.2. The van der Waals surface area contributed by atoms with Crippen molar-refractivity contribution in [2.75, 3.05) is 13.1 Å². The SMILES string of the molecule is CCn1ccnc1CN(C(=O)Cn1cccn1)C1CC12CCNCC2.Cl.Cl. The molecule has 1 saturated heterocycles. The Hall–Kier alpha value is -1.57. The Kier molecular flexibility index (Phi) is 7.31. The smallest absolute Gasteiger partial charge is 0.244 e. The van der Waals surface area contributed by atoms with E-state index in [4.69, 9.17) is 0 Å². The van der Waals surface area contributed by atoms with Crippen LogP contribution < -0.4 is 5.32 Å². The van der Waals surface area contributed by atoms with Gasteiger partial charge in [-0.2, -0.15) is 5.10 Å². The van der Waals surface area contributed by atoms with Crippen LogP contribution in [0.3, 0.4) is 0 Å². The summed E-state index contributed by atoms with van der Waals surface area (Å²) >= 11 is 0. The molecule has 1 saturated carbocycles. The predicted molar refractivity (Wildman–Crippen MR) is 108 cm³/mol. The van der Waals surface area contributed by atoms with Gasteiger partial charge in [0.05, 0.1) is 6.54 Å². The molecule has 3 heterocycles. The molecular weight excluding hydrogens is 387 g/mol. The fraction of sp³-hybridized carbons (Fsp3) is 0.611. The zero-order chi connectivity index (χ0) is 17.3. The van der Waals surface area contributed by atoms with Gasteiger partial charge in [-0.15, -0.1) is 24.8 Å². The van der Waals surface area contributed by atoms with E-state index in [1.165, 1.54) is 0 Å². The summed E-state index contributed by atoms with van der Waals surface area (Å²) in [6.45, 7) is 5.97. The van der Waals surface area contributed by atoms with Crippen LogP contribution in [-0.2, 0) is 24.4 Å². The summed E-state index contributed by atoms with van der Waals surface area (Å²) in [6, 6.07) is 2.19. The molecule has 150 valence electrons. The van der Waals surface area contributed by atoms with Crippen LogP contribution in [0.25, 0.3) is 0 Å². The van der Waals surface area contributed by atoms with Crippen LogP contribution in [0.2, 0.25) is 0 Å². The van der Waals surface area contributed by atoms with E-state index in [0.29, 0.717) is 24.5 Å². The number of rotatable bonds is 6. The molecule has 27 heavy (non-hydrogen) atoms. The predicted octanol–water partition coefficient (Wildman–Crippen LogP) is 2.11. The highest BCUT2D eigenvalue weighted by Crippen LogP contribution is 2.56. The van der Waals surface area contributed by atoms with Crippen LogP contribution in [0.15, 0.2) is 30.9 Å². The molecule has 4 rings (SSSR count). The van der Waals surface area contributed by atoms with Gasteiger partial charge in [-0.05, 0) is 50.8 Å². The summed E-state index contributed by atoms with van der Waals surface area (Å²) in [6.07, 6.45) is 10.8. The van der Waals surface area contributed by atoms with E-state index >= 15 is 0 Å². The first kappa shape index (κ1) is 21.7. The van der Waals surface area contributed by atoms with Crippen molar-refractivity contribution in [3.63, 3.8) is 0 Å². The van der Waals surface area contributed by atoms with Crippen molar-refractivity contribution in [1.29, 1.82) is 0 Å². The van der Waals surface area contributed by atoms with Crippen molar-refractivity contribution in [2.24, 2.45) is 5.41 Å². The highest BCUT2D eigenvalue weighted by molar-refractivity contribution is 5.85. The maximum Gasteiger partial charge on any atom is 0.244 e. The lowest BCUT2D eigenvalue weighted by Gasteiger charge is -2.29. The number of amides is 1. The van der Waals surface area contributed by atoms with E-state index in [1.54, 1.807) is 10.9 Å². The Morgan fingerprint density at radius 3 is 2.74 bits per heavy atom. The Balaban J connectivity index is 0.00000131. The minimum Gasteiger partial charge on any atom is -0.334 e. The van der Waals surface area contributed by atoms with Gasteiger partial charge in [0.15, 0.2) is 0 Å². The van der Waals surface area contributed by atoms with E-state index in [-0.39, 0.29) is 30.7 Å². The number of nitrogens with zero attached hydrogens (tertiary/aromatic N) is 5. The van der Waals surface area contributed by atoms with Gasteiger partial charge in [0.2, 0.25) is 5.91 Å². The van der Waals surface area contributed by atoms with Crippen molar-refractivity contribution in [3.05, 3.63) is 36.7 Å². The average Bonchev–Trinajstić information content (AvgIpc) is 3.02. The molecule has 1 N–H and O–H groups in total. The standard InChI is InChI=1S/C18H26N6O.2ClH/c1-2-22-11-9-20-16(22)13-24(17(25)14-23-10-3-6-21-23)15-12-18(15)4-7-19-8-5-18;;/h3,6,9-11,15,19H,2,4-5,7-8,12-14H2,1H3;2*1H. The molecular formula is C18H28Cl2N6O. The minimum absolute atomic E-state index is 0. The largest absolute Gasteiger partial charge is 0.334 e. The quantitative estimate of drug-likeness (QED) is 0.785. The molecule has 1 aliphatic carbocycles. The fourth-order valence-corrected chi connectivity index (χ4v) is 4.16. The third-order valence-corrected chi connectivity index (χ3v) is 5.75. The van der Waals surface area contributed by atoms with Crippen LogP contribution in [0, 0.1) is 5.41 Å². The number of aromatic nitrogens is 4. The highest BCUT2D eigenvalue weighted by atomic mass is 35.5. The monoisotopic (exact) mass is 414 g/mol. The second-order valence-corrected chi connectivity index (χ2v) is 7.19. The maximum atomic E-state index is 13.1. The van der Waals surface area contributed by atoms with Gasteiger partial charge in [0, 0.05) is 37.4 Å². The number of nitrogens with one attached hydrogen (secondary N) is 1. The molecule has 1 atom stereocenters. The van der Waals surface area contributed by atoms with E-state index < -0.39 is 0 Å². The Bertz CT molecular complexity index is 726. The number of halogens is 2. The van der Waals surface area contributed by atoms with Crippen LogP contribution in [0.4, 0.5) is 0 Å². The van der Waals surface area contributed by atoms with Gasteiger partial charge in [0.1, 0.15) is 12.4 Å².